The van der Waals surface area contributed by atoms with Crippen molar-refractivity contribution in [3.05, 3.63) is 35.4 Å². The number of rotatable bonds is 1. The van der Waals surface area contributed by atoms with Gasteiger partial charge in [-0.05, 0) is 36.8 Å². The molecule has 1 spiro atoms. The minimum Gasteiger partial charge on any atom is -0.303 e. The lowest BCUT2D eigenvalue weighted by Crippen LogP contribution is -2.46. The maximum atomic E-state index is 12.3. The molecule has 1 saturated heterocycles. The molecule has 0 bridgehead atoms. The van der Waals surface area contributed by atoms with Gasteiger partial charge in [0.05, 0.1) is 0 Å². The lowest BCUT2D eigenvalue weighted by atomic mass is 9.90. The van der Waals surface area contributed by atoms with Crippen molar-refractivity contribution < 1.29 is 9.59 Å². The molecule has 0 radical (unpaired) electrons. The highest BCUT2D eigenvalue weighted by molar-refractivity contribution is 6.08. The molecular formula is C14H14N2O2. The van der Waals surface area contributed by atoms with E-state index in [1.807, 2.05) is 18.2 Å². The van der Waals surface area contributed by atoms with E-state index >= 15 is 0 Å². The summed E-state index contributed by atoms with van der Waals surface area (Å²) in [6.45, 7) is 0. The van der Waals surface area contributed by atoms with Crippen molar-refractivity contribution in [3.63, 3.8) is 0 Å². The number of aryl methyl sites for hydroxylation is 1. The predicted octanol–water partition coefficient (Wildman–Crippen LogP) is 1.54. The van der Waals surface area contributed by atoms with Gasteiger partial charge in [0, 0.05) is 6.04 Å². The highest BCUT2D eigenvalue weighted by Gasteiger charge is 2.60. The first-order chi connectivity index (χ1) is 8.73. The van der Waals surface area contributed by atoms with Gasteiger partial charge in [-0.15, -0.1) is 0 Å². The third-order valence-corrected chi connectivity index (χ3v) is 4.36. The van der Waals surface area contributed by atoms with Gasteiger partial charge in [-0.2, -0.15) is 0 Å². The van der Waals surface area contributed by atoms with Crippen molar-refractivity contribution in [2.24, 2.45) is 0 Å². The lowest BCUT2D eigenvalue weighted by molar-refractivity contribution is -0.127. The summed E-state index contributed by atoms with van der Waals surface area (Å²) in [5.41, 5.74) is 1.52. The van der Waals surface area contributed by atoms with Crippen LogP contribution in [0.4, 0.5) is 4.79 Å². The lowest BCUT2D eigenvalue weighted by Gasteiger charge is -2.32. The summed E-state index contributed by atoms with van der Waals surface area (Å²) in [7, 11) is 0. The number of fused-ring (bicyclic) bond motifs is 2. The molecule has 1 aromatic rings. The number of nitrogens with one attached hydrogen (secondary N) is 1. The van der Waals surface area contributed by atoms with Gasteiger partial charge in [-0.3, -0.25) is 10.1 Å². The van der Waals surface area contributed by atoms with Crippen molar-refractivity contribution in [3.8, 4) is 0 Å². The van der Waals surface area contributed by atoms with Crippen molar-refractivity contribution in [1.29, 1.82) is 0 Å². The van der Waals surface area contributed by atoms with Gasteiger partial charge >= 0.3 is 6.03 Å². The van der Waals surface area contributed by atoms with E-state index < -0.39 is 5.54 Å². The van der Waals surface area contributed by atoms with Crippen molar-refractivity contribution >= 4 is 11.9 Å². The summed E-state index contributed by atoms with van der Waals surface area (Å²) < 4.78 is 0. The Labute approximate surface area is 105 Å². The summed E-state index contributed by atoms with van der Waals surface area (Å²) in [6, 6.07) is 8.05. The molecule has 1 N–H and O–H groups in total. The van der Waals surface area contributed by atoms with Crippen LogP contribution < -0.4 is 5.32 Å². The molecule has 4 rings (SSSR count). The number of benzene rings is 1. The van der Waals surface area contributed by atoms with Crippen molar-refractivity contribution in [2.75, 3.05) is 0 Å². The van der Waals surface area contributed by atoms with Crippen LogP contribution in [0.2, 0.25) is 0 Å². The highest BCUT2D eigenvalue weighted by Crippen LogP contribution is 2.48. The maximum Gasteiger partial charge on any atom is 0.325 e. The SMILES string of the molecule is O=C1NC(=O)C2(CCc3ccccc32)N1C1CC1. The fourth-order valence-corrected chi connectivity index (χ4v) is 3.43. The van der Waals surface area contributed by atoms with Gasteiger partial charge in [0.1, 0.15) is 5.54 Å². The minimum atomic E-state index is -0.713. The zero-order valence-electron chi connectivity index (χ0n) is 9.98. The van der Waals surface area contributed by atoms with E-state index in [1.165, 1.54) is 5.56 Å². The fraction of sp³-hybridized carbons (Fsp3) is 0.429. The number of hydrogen-bond donors (Lipinski definition) is 1. The Morgan fingerprint density at radius 2 is 2.00 bits per heavy atom. The first-order valence-electron chi connectivity index (χ1n) is 6.46. The van der Waals surface area contributed by atoms with E-state index in [9.17, 15) is 9.59 Å². The van der Waals surface area contributed by atoms with Crippen LogP contribution in [0.1, 0.15) is 30.4 Å². The van der Waals surface area contributed by atoms with Crippen LogP contribution in [0.15, 0.2) is 24.3 Å². The van der Waals surface area contributed by atoms with Crippen LogP contribution in [-0.2, 0) is 16.8 Å². The molecule has 18 heavy (non-hydrogen) atoms. The summed E-state index contributed by atoms with van der Waals surface area (Å²) in [4.78, 5) is 26.2. The zero-order valence-corrected chi connectivity index (χ0v) is 9.98. The summed E-state index contributed by atoms with van der Waals surface area (Å²) in [5, 5.41) is 2.51. The van der Waals surface area contributed by atoms with Gasteiger partial charge in [0.2, 0.25) is 0 Å². The second-order valence-corrected chi connectivity index (χ2v) is 5.38. The molecule has 3 amide bonds. The van der Waals surface area contributed by atoms with Crippen LogP contribution in [0.5, 0.6) is 0 Å². The zero-order chi connectivity index (χ0) is 12.3. The normalized spacial score (nSPS) is 29.9. The third-order valence-electron chi connectivity index (χ3n) is 4.36. The molecule has 1 unspecified atom stereocenters. The Hall–Kier alpha value is -1.84. The molecule has 4 heteroatoms. The molecule has 3 aliphatic rings. The van der Waals surface area contributed by atoms with Gasteiger partial charge < -0.3 is 4.90 Å². The van der Waals surface area contributed by atoms with E-state index in [1.54, 1.807) is 4.90 Å². The molecule has 1 aliphatic heterocycles. The number of hydrogen-bond acceptors (Lipinski definition) is 2. The van der Waals surface area contributed by atoms with Crippen LogP contribution in [0, 0.1) is 0 Å². The standard InChI is InChI=1S/C14H14N2O2/c17-12-14(16(10-5-6-10)13(18)15-12)8-7-9-3-1-2-4-11(9)14/h1-4,10H,5-8H2,(H,15,17,18). The van der Waals surface area contributed by atoms with Crippen LogP contribution in [-0.4, -0.2) is 22.9 Å². The maximum absolute atomic E-state index is 12.3. The first kappa shape index (κ1) is 10.1. The molecular weight excluding hydrogens is 228 g/mol. The molecule has 1 saturated carbocycles. The first-order valence-corrected chi connectivity index (χ1v) is 6.46. The average Bonchev–Trinajstić information content (AvgIpc) is 3.06. The van der Waals surface area contributed by atoms with Crippen LogP contribution in [0.25, 0.3) is 0 Å². The summed E-state index contributed by atoms with van der Waals surface area (Å²) in [5.74, 6) is -0.135. The van der Waals surface area contributed by atoms with Gasteiger partial charge in [0.15, 0.2) is 0 Å². The number of nitrogens with zero attached hydrogens (tertiary/aromatic N) is 1. The van der Waals surface area contributed by atoms with E-state index in [2.05, 4.69) is 11.4 Å². The molecule has 0 aromatic heterocycles. The minimum absolute atomic E-state index is 0.135. The largest absolute Gasteiger partial charge is 0.325 e. The Morgan fingerprint density at radius 3 is 2.78 bits per heavy atom. The van der Waals surface area contributed by atoms with E-state index in [4.69, 9.17) is 0 Å². The van der Waals surface area contributed by atoms with E-state index in [0.717, 1.165) is 31.2 Å². The van der Waals surface area contributed by atoms with Crippen molar-refractivity contribution in [1.82, 2.24) is 10.2 Å². The van der Waals surface area contributed by atoms with Crippen LogP contribution >= 0.6 is 0 Å². The molecule has 2 fully saturated rings. The third kappa shape index (κ3) is 1.06. The number of carbonyl (C=O) groups is 2. The average molecular weight is 242 g/mol. The van der Waals surface area contributed by atoms with E-state index in [-0.39, 0.29) is 18.0 Å². The Morgan fingerprint density at radius 1 is 1.22 bits per heavy atom. The van der Waals surface area contributed by atoms with Gasteiger partial charge in [-0.1, -0.05) is 24.3 Å². The Kier molecular flexibility index (Phi) is 1.76. The van der Waals surface area contributed by atoms with Gasteiger partial charge in [-0.25, -0.2) is 4.79 Å². The monoisotopic (exact) mass is 242 g/mol. The number of imide groups is 1. The molecule has 4 nitrogen and oxygen atoms in total. The number of carbonyl (C=O) groups excluding carboxylic acids is 2. The molecule has 1 aromatic carbocycles. The summed E-state index contributed by atoms with van der Waals surface area (Å²) >= 11 is 0. The number of amides is 3. The molecule has 92 valence electrons. The van der Waals surface area contributed by atoms with Gasteiger partial charge in [0.25, 0.3) is 5.91 Å². The Balaban J connectivity index is 1.91. The second kappa shape index (κ2) is 3.13. The topological polar surface area (TPSA) is 49.4 Å². The highest BCUT2D eigenvalue weighted by atomic mass is 16.2. The summed E-state index contributed by atoms with van der Waals surface area (Å²) in [6.07, 6.45) is 3.63. The number of urea groups is 1. The molecule has 1 heterocycles. The second-order valence-electron chi connectivity index (χ2n) is 5.38. The van der Waals surface area contributed by atoms with E-state index in [0.29, 0.717) is 0 Å². The molecule has 2 aliphatic carbocycles. The van der Waals surface area contributed by atoms with Crippen LogP contribution in [0.3, 0.4) is 0 Å². The fourth-order valence-electron chi connectivity index (χ4n) is 3.43. The smallest absolute Gasteiger partial charge is 0.303 e. The molecule has 1 atom stereocenters. The Bertz CT molecular complexity index is 565. The van der Waals surface area contributed by atoms with Crippen molar-refractivity contribution in [2.45, 2.75) is 37.3 Å². The quantitative estimate of drug-likeness (QED) is 0.759. The predicted molar refractivity (Wildman–Crippen MR) is 64.8 cm³/mol.